The van der Waals surface area contributed by atoms with Crippen LogP contribution in [0.3, 0.4) is 0 Å². The van der Waals surface area contributed by atoms with Gasteiger partial charge in [0.15, 0.2) is 0 Å². The maximum absolute atomic E-state index is 13.0. The third-order valence-corrected chi connectivity index (χ3v) is 3.84. The minimum Gasteiger partial charge on any atom is -0.351 e. The highest BCUT2D eigenvalue weighted by Crippen LogP contribution is 2.21. The molecule has 1 aliphatic heterocycles. The molecule has 1 saturated heterocycles. The fourth-order valence-corrected chi connectivity index (χ4v) is 2.73. The molecule has 4 nitrogen and oxygen atoms in total. The van der Waals surface area contributed by atoms with Crippen LogP contribution in [0.1, 0.15) is 12.0 Å². The number of anilines is 1. The number of rotatable bonds is 4. The van der Waals surface area contributed by atoms with Crippen molar-refractivity contribution in [3.63, 3.8) is 0 Å². The number of nitrogens with one attached hydrogen (secondary N) is 1. The zero-order chi connectivity index (χ0) is 16.2. The zero-order valence-corrected chi connectivity index (χ0v) is 12.5. The van der Waals surface area contributed by atoms with Crippen molar-refractivity contribution >= 4 is 17.5 Å². The minimum atomic E-state index is -0.340. The van der Waals surface area contributed by atoms with Gasteiger partial charge in [0, 0.05) is 18.7 Å². The first-order chi connectivity index (χ1) is 11.1. The molecule has 0 spiro atoms. The van der Waals surface area contributed by atoms with E-state index in [1.165, 1.54) is 12.1 Å². The smallest absolute Gasteiger partial charge is 0.229 e. The summed E-state index contributed by atoms with van der Waals surface area (Å²) in [7, 11) is 0. The number of halogens is 1. The van der Waals surface area contributed by atoms with Crippen molar-refractivity contribution in [2.24, 2.45) is 0 Å². The first-order valence-corrected chi connectivity index (χ1v) is 7.51. The molecular formula is C18H17FN2O2. The van der Waals surface area contributed by atoms with Crippen LogP contribution in [0.4, 0.5) is 10.1 Å². The van der Waals surface area contributed by atoms with Crippen molar-refractivity contribution in [2.75, 3.05) is 11.4 Å². The van der Waals surface area contributed by atoms with Gasteiger partial charge in [0.1, 0.15) is 5.82 Å². The normalized spacial score (nSPS) is 17.3. The Morgan fingerprint density at radius 2 is 1.83 bits per heavy atom. The number of hydrogen-bond acceptors (Lipinski definition) is 2. The highest BCUT2D eigenvalue weighted by molar-refractivity contribution is 5.96. The van der Waals surface area contributed by atoms with Crippen LogP contribution in [0.15, 0.2) is 54.6 Å². The van der Waals surface area contributed by atoms with Crippen LogP contribution in [0, 0.1) is 5.82 Å². The van der Waals surface area contributed by atoms with E-state index in [0.717, 1.165) is 5.56 Å². The van der Waals surface area contributed by atoms with E-state index in [9.17, 15) is 14.0 Å². The molecule has 0 aliphatic carbocycles. The summed E-state index contributed by atoms with van der Waals surface area (Å²) in [4.78, 5) is 25.7. The molecule has 0 bridgehead atoms. The van der Waals surface area contributed by atoms with E-state index in [1.807, 2.05) is 30.3 Å². The van der Waals surface area contributed by atoms with Crippen molar-refractivity contribution in [3.8, 4) is 0 Å². The van der Waals surface area contributed by atoms with Crippen molar-refractivity contribution in [1.82, 2.24) is 5.32 Å². The van der Waals surface area contributed by atoms with Crippen molar-refractivity contribution in [3.05, 3.63) is 66.0 Å². The summed E-state index contributed by atoms with van der Waals surface area (Å²) in [6.07, 6.45) is 0.556. The topological polar surface area (TPSA) is 49.4 Å². The van der Waals surface area contributed by atoms with E-state index in [0.29, 0.717) is 18.7 Å². The SMILES string of the molecule is O=C(Cc1ccccc1)NC1CC(=O)N(c2ccc(F)cc2)C1. The third-order valence-electron chi connectivity index (χ3n) is 3.84. The van der Waals surface area contributed by atoms with Gasteiger partial charge in [-0.2, -0.15) is 0 Å². The van der Waals surface area contributed by atoms with Crippen molar-refractivity contribution in [2.45, 2.75) is 18.9 Å². The summed E-state index contributed by atoms with van der Waals surface area (Å²) in [6.45, 7) is 0.408. The largest absolute Gasteiger partial charge is 0.351 e. The molecule has 1 aliphatic rings. The molecule has 1 unspecified atom stereocenters. The van der Waals surface area contributed by atoms with Gasteiger partial charge >= 0.3 is 0 Å². The molecule has 2 aromatic carbocycles. The van der Waals surface area contributed by atoms with Gasteiger partial charge in [0.05, 0.1) is 12.5 Å². The Kier molecular flexibility index (Phi) is 4.37. The lowest BCUT2D eigenvalue weighted by atomic mass is 10.1. The predicted molar refractivity (Wildman–Crippen MR) is 85.4 cm³/mol. The maximum Gasteiger partial charge on any atom is 0.229 e. The molecule has 2 aromatic rings. The van der Waals surface area contributed by atoms with Gasteiger partial charge in [-0.15, -0.1) is 0 Å². The third kappa shape index (κ3) is 3.74. The van der Waals surface area contributed by atoms with E-state index in [2.05, 4.69) is 5.32 Å². The van der Waals surface area contributed by atoms with Gasteiger partial charge in [-0.3, -0.25) is 9.59 Å². The molecule has 0 saturated carbocycles. The zero-order valence-electron chi connectivity index (χ0n) is 12.5. The average molecular weight is 312 g/mol. The molecule has 2 amide bonds. The second-order valence-corrected chi connectivity index (χ2v) is 5.61. The Morgan fingerprint density at radius 1 is 1.13 bits per heavy atom. The first kappa shape index (κ1) is 15.2. The van der Waals surface area contributed by atoms with Gasteiger partial charge in [-0.25, -0.2) is 4.39 Å². The van der Waals surface area contributed by atoms with Gasteiger partial charge < -0.3 is 10.2 Å². The molecule has 1 heterocycles. The molecule has 23 heavy (non-hydrogen) atoms. The van der Waals surface area contributed by atoms with Crippen LogP contribution in [0.2, 0.25) is 0 Å². The molecule has 3 rings (SSSR count). The Balaban J connectivity index is 1.59. The van der Waals surface area contributed by atoms with Crippen LogP contribution in [0.5, 0.6) is 0 Å². The second-order valence-electron chi connectivity index (χ2n) is 5.61. The molecule has 1 fully saturated rings. The minimum absolute atomic E-state index is 0.0679. The summed E-state index contributed by atoms with van der Waals surface area (Å²) in [5.41, 5.74) is 1.58. The summed E-state index contributed by atoms with van der Waals surface area (Å²) in [6, 6.07) is 15.0. The Hall–Kier alpha value is -2.69. The van der Waals surface area contributed by atoms with E-state index < -0.39 is 0 Å². The quantitative estimate of drug-likeness (QED) is 0.942. The number of benzene rings is 2. The van der Waals surface area contributed by atoms with Gasteiger partial charge in [-0.05, 0) is 29.8 Å². The molecular weight excluding hydrogens is 295 g/mol. The van der Waals surface area contributed by atoms with Crippen LogP contribution in [-0.4, -0.2) is 24.4 Å². The lowest BCUT2D eigenvalue weighted by Gasteiger charge is -2.17. The van der Waals surface area contributed by atoms with Crippen molar-refractivity contribution < 1.29 is 14.0 Å². The monoisotopic (exact) mass is 312 g/mol. The van der Waals surface area contributed by atoms with E-state index >= 15 is 0 Å². The standard InChI is InChI=1S/C18H17FN2O2/c19-14-6-8-16(9-7-14)21-12-15(11-18(21)23)20-17(22)10-13-4-2-1-3-5-13/h1-9,15H,10-12H2,(H,20,22). The molecule has 1 N–H and O–H groups in total. The first-order valence-electron chi connectivity index (χ1n) is 7.51. The Morgan fingerprint density at radius 3 is 2.52 bits per heavy atom. The number of carbonyl (C=O) groups excluding carboxylic acids is 2. The number of carbonyl (C=O) groups is 2. The predicted octanol–water partition coefficient (Wildman–Crippen LogP) is 2.29. The summed E-state index contributed by atoms with van der Waals surface area (Å²) in [5.74, 6) is -0.510. The highest BCUT2D eigenvalue weighted by atomic mass is 19.1. The summed E-state index contributed by atoms with van der Waals surface area (Å²) >= 11 is 0. The Labute approximate surface area is 133 Å². The molecule has 118 valence electrons. The van der Waals surface area contributed by atoms with E-state index in [1.54, 1.807) is 17.0 Å². The molecule has 0 radical (unpaired) electrons. The van der Waals surface area contributed by atoms with Crippen LogP contribution in [-0.2, 0) is 16.0 Å². The molecule has 5 heteroatoms. The lowest BCUT2D eigenvalue weighted by molar-refractivity contribution is -0.121. The number of hydrogen-bond donors (Lipinski definition) is 1. The molecule has 1 atom stereocenters. The summed E-state index contributed by atoms with van der Waals surface area (Å²) in [5, 5.41) is 2.89. The van der Waals surface area contributed by atoms with Gasteiger partial charge in [0.25, 0.3) is 0 Å². The lowest BCUT2D eigenvalue weighted by Crippen LogP contribution is -2.38. The van der Waals surface area contributed by atoms with Crippen LogP contribution < -0.4 is 10.2 Å². The average Bonchev–Trinajstić information content (AvgIpc) is 2.89. The van der Waals surface area contributed by atoms with Gasteiger partial charge in [-0.1, -0.05) is 30.3 Å². The number of nitrogens with zero attached hydrogens (tertiary/aromatic N) is 1. The van der Waals surface area contributed by atoms with Crippen molar-refractivity contribution in [1.29, 1.82) is 0 Å². The fourth-order valence-electron chi connectivity index (χ4n) is 2.73. The molecule has 0 aromatic heterocycles. The van der Waals surface area contributed by atoms with Crippen LogP contribution in [0.25, 0.3) is 0 Å². The van der Waals surface area contributed by atoms with Crippen LogP contribution >= 0.6 is 0 Å². The number of amides is 2. The second kappa shape index (κ2) is 6.60. The highest BCUT2D eigenvalue weighted by Gasteiger charge is 2.31. The fraction of sp³-hybridized carbons (Fsp3) is 0.222. The Bertz CT molecular complexity index is 701. The van der Waals surface area contributed by atoms with E-state index in [4.69, 9.17) is 0 Å². The van der Waals surface area contributed by atoms with Gasteiger partial charge in [0.2, 0.25) is 11.8 Å². The maximum atomic E-state index is 13.0. The summed E-state index contributed by atoms with van der Waals surface area (Å²) < 4.78 is 13.0. The van der Waals surface area contributed by atoms with E-state index in [-0.39, 0.29) is 30.1 Å².